The Hall–Kier alpha value is -3.06. The van der Waals surface area contributed by atoms with E-state index in [9.17, 15) is 14.4 Å². The molecular formula is C21H19NO5S. The van der Waals surface area contributed by atoms with Crippen LogP contribution in [0.25, 0.3) is 6.08 Å². The molecule has 1 N–H and O–H groups in total. The summed E-state index contributed by atoms with van der Waals surface area (Å²) in [5, 5.41) is 8.37. The number of hydrogen-bond donors (Lipinski definition) is 1. The third-order valence-corrected chi connectivity index (χ3v) is 4.98. The Bertz CT molecular complexity index is 936. The van der Waals surface area contributed by atoms with Crippen LogP contribution in [0.3, 0.4) is 0 Å². The fraction of sp³-hybridized carbons (Fsp3) is 0.190. The molecule has 0 aliphatic carbocycles. The third kappa shape index (κ3) is 5.01. The summed E-state index contributed by atoms with van der Waals surface area (Å²) in [6.07, 6.45) is 1.55. The second-order valence-corrected chi connectivity index (χ2v) is 7.31. The monoisotopic (exact) mass is 397 g/mol. The number of carboxylic acid groups (broad SMARTS) is 1. The van der Waals surface area contributed by atoms with Gasteiger partial charge in [-0.2, -0.15) is 0 Å². The first-order valence-electron chi connectivity index (χ1n) is 8.68. The number of hydrogen-bond acceptors (Lipinski definition) is 5. The first kappa shape index (κ1) is 19.7. The molecule has 1 heterocycles. The summed E-state index contributed by atoms with van der Waals surface area (Å²) in [4.78, 5) is 37.1. The van der Waals surface area contributed by atoms with E-state index in [0.717, 1.165) is 22.9 Å². The fourth-order valence-electron chi connectivity index (χ4n) is 2.61. The van der Waals surface area contributed by atoms with Crippen LogP contribution in [0.5, 0.6) is 5.75 Å². The second-order valence-electron chi connectivity index (χ2n) is 6.32. The number of rotatable bonds is 7. The highest BCUT2D eigenvalue weighted by Gasteiger charge is 2.34. The lowest BCUT2D eigenvalue weighted by atomic mass is 10.1. The van der Waals surface area contributed by atoms with Gasteiger partial charge in [0.2, 0.25) is 0 Å². The Morgan fingerprint density at radius 3 is 2.64 bits per heavy atom. The molecular weight excluding hydrogens is 378 g/mol. The molecule has 0 atom stereocenters. The largest absolute Gasteiger partial charge is 0.493 e. The lowest BCUT2D eigenvalue weighted by molar-refractivity contribution is -0.137. The zero-order valence-corrected chi connectivity index (χ0v) is 16.1. The van der Waals surface area contributed by atoms with Crippen molar-refractivity contribution in [3.63, 3.8) is 0 Å². The van der Waals surface area contributed by atoms with Crippen molar-refractivity contribution in [2.24, 2.45) is 0 Å². The van der Waals surface area contributed by atoms with Crippen LogP contribution in [0, 0.1) is 6.92 Å². The molecule has 2 amide bonds. The molecule has 1 fully saturated rings. The molecule has 7 heteroatoms. The predicted molar refractivity (Wildman–Crippen MR) is 107 cm³/mol. The van der Waals surface area contributed by atoms with E-state index in [1.54, 1.807) is 30.3 Å². The van der Waals surface area contributed by atoms with E-state index in [2.05, 4.69) is 0 Å². The molecule has 0 unspecified atom stereocenters. The van der Waals surface area contributed by atoms with E-state index < -0.39 is 5.97 Å². The zero-order valence-electron chi connectivity index (χ0n) is 15.3. The number of carbonyl (C=O) groups is 3. The number of carbonyl (C=O) groups excluding carboxylic acids is 2. The lowest BCUT2D eigenvalue weighted by Crippen LogP contribution is -2.27. The minimum absolute atomic E-state index is 0.0614. The topological polar surface area (TPSA) is 83.9 Å². The summed E-state index contributed by atoms with van der Waals surface area (Å²) in [6.45, 7) is 2.28. The van der Waals surface area contributed by atoms with Gasteiger partial charge in [0.25, 0.3) is 11.1 Å². The smallest absolute Gasteiger partial charge is 0.306 e. The first-order valence-corrected chi connectivity index (χ1v) is 9.49. The molecule has 1 aliphatic heterocycles. The summed E-state index contributed by atoms with van der Waals surface area (Å²) >= 11 is 0.907. The van der Waals surface area contributed by atoms with Crippen LogP contribution in [0.2, 0.25) is 0 Å². The van der Waals surface area contributed by atoms with E-state index >= 15 is 0 Å². The van der Waals surface area contributed by atoms with Crippen LogP contribution < -0.4 is 4.74 Å². The van der Waals surface area contributed by atoms with Gasteiger partial charge in [-0.15, -0.1) is 0 Å². The first-order chi connectivity index (χ1) is 13.4. The summed E-state index contributed by atoms with van der Waals surface area (Å²) < 4.78 is 5.40. The predicted octanol–water partition coefficient (Wildman–Crippen LogP) is 4.09. The highest BCUT2D eigenvalue weighted by atomic mass is 32.2. The number of thioether (sulfide) groups is 1. The lowest BCUT2D eigenvalue weighted by Gasteiger charge is -2.12. The molecule has 3 rings (SSSR count). The summed E-state index contributed by atoms with van der Waals surface area (Å²) in [6, 6.07) is 14.6. The maximum absolute atomic E-state index is 12.6. The van der Waals surface area contributed by atoms with Gasteiger partial charge >= 0.3 is 5.97 Å². The molecule has 6 nitrogen and oxygen atoms in total. The Labute approximate surface area is 166 Å². The van der Waals surface area contributed by atoms with Gasteiger partial charge in [-0.1, -0.05) is 42.0 Å². The van der Waals surface area contributed by atoms with Crippen molar-refractivity contribution in [3.05, 3.63) is 70.1 Å². The van der Waals surface area contributed by atoms with Crippen LogP contribution in [0.4, 0.5) is 4.79 Å². The van der Waals surface area contributed by atoms with Gasteiger partial charge in [-0.05, 0) is 48.0 Å². The molecule has 0 spiro atoms. The Morgan fingerprint density at radius 2 is 1.93 bits per heavy atom. The normalized spacial score (nSPS) is 15.3. The van der Waals surface area contributed by atoms with Crippen molar-refractivity contribution in [1.82, 2.24) is 4.90 Å². The number of imide groups is 1. The molecule has 0 radical (unpaired) electrons. The number of nitrogens with zero attached hydrogens (tertiary/aromatic N) is 1. The molecule has 0 aromatic heterocycles. The Balaban J connectivity index is 1.70. The molecule has 2 aromatic rings. The van der Waals surface area contributed by atoms with E-state index in [0.29, 0.717) is 16.2 Å². The third-order valence-electron chi connectivity index (χ3n) is 4.08. The Kier molecular flexibility index (Phi) is 6.16. The number of ether oxygens (including phenoxy) is 1. The van der Waals surface area contributed by atoms with E-state index in [-0.39, 0.29) is 30.7 Å². The molecule has 144 valence electrons. The molecule has 0 saturated carbocycles. The van der Waals surface area contributed by atoms with Crippen molar-refractivity contribution >= 4 is 35.0 Å². The molecule has 1 aliphatic rings. The standard InChI is InChI=1S/C21H19NO5S/c1-14-5-7-15(8-6-14)13-22-20(25)18(28-21(22)26)12-16-3-2-4-17(11-16)27-10-9-19(23)24/h2-8,11-12H,9-10,13H2,1H3,(H,23,24)/b18-12+. The Morgan fingerprint density at radius 1 is 1.18 bits per heavy atom. The second kappa shape index (κ2) is 8.75. The number of aliphatic carboxylic acids is 1. The van der Waals surface area contributed by atoms with Crippen LogP contribution >= 0.6 is 11.8 Å². The van der Waals surface area contributed by atoms with Crippen molar-refractivity contribution in [1.29, 1.82) is 0 Å². The molecule has 1 saturated heterocycles. The van der Waals surface area contributed by atoms with Crippen LogP contribution in [0.15, 0.2) is 53.4 Å². The van der Waals surface area contributed by atoms with Gasteiger partial charge in [0, 0.05) is 0 Å². The van der Waals surface area contributed by atoms with Crippen molar-refractivity contribution in [2.75, 3.05) is 6.61 Å². The van der Waals surface area contributed by atoms with Gasteiger partial charge in [-0.3, -0.25) is 19.3 Å². The quantitative estimate of drug-likeness (QED) is 0.709. The number of amides is 2. The van der Waals surface area contributed by atoms with Crippen LogP contribution in [-0.2, 0) is 16.1 Å². The van der Waals surface area contributed by atoms with Crippen molar-refractivity contribution in [3.8, 4) is 5.75 Å². The van der Waals surface area contributed by atoms with E-state index in [1.807, 2.05) is 31.2 Å². The minimum atomic E-state index is -0.932. The SMILES string of the molecule is Cc1ccc(CN2C(=O)S/C(=C/c3cccc(OCCC(=O)O)c3)C2=O)cc1. The van der Waals surface area contributed by atoms with Gasteiger partial charge in [0.05, 0.1) is 24.5 Å². The van der Waals surface area contributed by atoms with Gasteiger partial charge in [0.1, 0.15) is 5.75 Å². The summed E-state index contributed by atoms with van der Waals surface area (Å²) in [7, 11) is 0. The molecule has 2 aromatic carbocycles. The van der Waals surface area contributed by atoms with Crippen molar-refractivity contribution < 1.29 is 24.2 Å². The fourth-order valence-corrected chi connectivity index (χ4v) is 3.45. The summed E-state index contributed by atoms with van der Waals surface area (Å²) in [5.41, 5.74) is 2.71. The highest BCUT2D eigenvalue weighted by Crippen LogP contribution is 2.33. The zero-order chi connectivity index (χ0) is 20.1. The minimum Gasteiger partial charge on any atom is -0.493 e. The van der Waals surface area contributed by atoms with Crippen LogP contribution in [0.1, 0.15) is 23.1 Å². The average Bonchev–Trinajstić information content (AvgIpc) is 2.91. The molecule has 28 heavy (non-hydrogen) atoms. The number of aryl methyl sites for hydroxylation is 1. The van der Waals surface area contributed by atoms with Gasteiger partial charge in [0.15, 0.2) is 0 Å². The van der Waals surface area contributed by atoms with E-state index in [4.69, 9.17) is 9.84 Å². The van der Waals surface area contributed by atoms with Crippen LogP contribution in [-0.4, -0.2) is 33.7 Å². The van der Waals surface area contributed by atoms with E-state index in [1.165, 1.54) is 4.90 Å². The van der Waals surface area contributed by atoms with Gasteiger partial charge < -0.3 is 9.84 Å². The maximum atomic E-state index is 12.6. The highest BCUT2D eigenvalue weighted by molar-refractivity contribution is 8.18. The van der Waals surface area contributed by atoms with Crippen molar-refractivity contribution in [2.45, 2.75) is 19.9 Å². The number of carboxylic acids is 1. The summed E-state index contributed by atoms with van der Waals surface area (Å²) in [5.74, 6) is -0.750. The van der Waals surface area contributed by atoms with Gasteiger partial charge in [-0.25, -0.2) is 0 Å². The maximum Gasteiger partial charge on any atom is 0.306 e. The average molecular weight is 397 g/mol. The number of benzene rings is 2. The molecule has 0 bridgehead atoms.